The number of primary amides is 1. The molecule has 0 unspecified atom stereocenters. The van der Waals surface area contributed by atoms with Crippen molar-refractivity contribution in [3.8, 4) is 6.07 Å². The Morgan fingerprint density at radius 2 is 1.89 bits per heavy atom. The Bertz CT molecular complexity index is 1140. The molecule has 35 heavy (non-hydrogen) atoms. The number of carbonyl (C=O) groups is 2. The van der Waals surface area contributed by atoms with Crippen molar-refractivity contribution in [1.29, 1.82) is 5.26 Å². The lowest BCUT2D eigenvalue weighted by molar-refractivity contribution is -0.167. The van der Waals surface area contributed by atoms with E-state index in [0.29, 0.717) is 30.0 Å². The first-order chi connectivity index (χ1) is 16.6. The van der Waals surface area contributed by atoms with Gasteiger partial charge in [-0.05, 0) is 62.3 Å². The Hall–Kier alpha value is -3.26. The predicted molar refractivity (Wildman–Crippen MR) is 122 cm³/mol. The Kier molecular flexibility index (Phi) is 6.94. The van der Waals surface area contributed by atoms with Crippen LogP contribution in [-0.2, 0) is 4.79 Å². The molecule has 2 aliphatic rings. The number of anilines is 2. The van der Waals surface area contributed by atoms with Crippen LogP contribution in [0.2, 0.25) is 5.02 Å². The first-order valence-electron chi connectivity index (χ1n) is 11.2. The Labute approximate surface area is 204 Å². The molecule has 8 nitrogen and oxygen atoms in total. The molecular weight excluding hydrogens is 485 g/mol. The highest BCUT2D eigenvalue weighted by Gasteiger charge is 2.50. The number of amides is 2. The standard InChI is InChI=1S/C23H24ClF3N6O2/c24-15-4-6-16(7-5-15)30-21-17(20(29)34)11-33(32-21)18-8-3-13(9-14(18)10-28)22(35)31-19(12-1-2-12)23(25,26)27/h4-7,11-14,18-19H,1-3,8-9H2,(H2,29,34)(H,30,32)(H,31,35)/t13-,14+,18-,19-/m1/s1. The van der Waals surface area contributed by atoms with Crippen LogP contribution in [0.1, 0.15) is 48.5 Å². The summed E-state index contributed by atoms with van der Waals surface area (Å²) in [6, 6.07) is 6.56. The van der Waals surface area contributed by atoms with Gasteiger partial charge in [0.1, 0.15) is 11.6 Å². The third-order valence-electron chi connectivity index (χ3n) is 6.54. The van der Waals surface area contributed by atoms with Crippen LogP contribution in [0.25, 0.3) is 0 Å². The fourth-order valence-electron chi connectivity index (χ4n) is 4.52. The van der Waals surface area contributed by atoms with Crippen LogP contribution in [0.4, 0.5) is 24.7 Å². The lowest BCUT2D eigenvalue weighted by Gasteiger charge is -2.33. The second kappa shape index (κ2) is 9.77. The number of alkyl halides is 3. The van der Waals surface area contributed by atoms with Crippen molar-refractivity contribution in [3.05, 3.63) is 41.0 Å². The first-order valence-corrected chi connectivity index (χ1v) is 11.6. The molecule has 1 aromatic carbocycles. The van der Waals surface area contributed by atoms with E-state index in [1.54, 1.807) is 24.3 Å². The number of hydrogen-bond donors (Lipinski definition) is 3. The van der Waals surface area contributed by atoms with Crippen molar-refractivity contribution in [2.24, 2.45) is 23.5 Å². The molecular formula is C23H24ClF3N6O2. The molecule has 0 radical (unpaired) electrons. The third kappa shape index (κ3) is 5.70. The molecule has 2 saturated carbocycles. The zero-order chi connectivity index (χ0) is 25.3. The van der Waals surface area contributed by atoms with E-state index in [-0.39, 0.29) is 24.2 Å². The minimum atomic E-state index is -4.50. The summed E-state index contributed by atoms with van der Waals surface area (Å²) in [5.74, 6) is -3.17. The van der Waals surface area contributed by atoms with E-state index in [1.807, 2.05) is 0 Å². The van der Waals surface area contributed by atoms with Crippen LogP contribution in [0, 0.1) is 29.1 Å². The number of hydrogen-bond acceptors (Lipinski definition) is 5. The number of nitrogens with two attached hydrogens (primary N) is 1. The summed E-state index contributed by atoms with van der Waals surface area (Å²) < 4.78 is 41.4. The normalized spacial score (nSPS) is 23.2. The average Bonchev–Trinajstić information content (AvgIpc) is 3.56. The van der Waals surface area contributed by atoms with Crippen LogP contribution < -0.4 is 16.4 Å². The Morgan fingerprint density at radius 1 is 1.20 bits per heavy atom. The summed E-state index contributed by atoms with van der Waals surface area (Å²) in [4.78, 5) is 24.6. The fraction of sp³-hybridized carbons (Fsp3) is 0.478. The van der Waals surface area contributed by atoms with Crippen molar-refractivity contribution < 1.29 is 22.8 Å². The molecule has 2 amide bonds. The van der Waals surface area contributed by atoms with Gasteiger partial charge >= 0.3 is 6.18 Å². The van der Waals surface area contributed by atoms with Gasteiger partial charge in [-0.15, -0.1) is 0 Å². The van der Waals surface area contributed by atoms with Crippen LogP contribution in [0.3, 0.4) is 0 Å². The largest absolute Gasteiger partial charge is 0.408 e. The molecule has 4 rings (SSSR count). The number of nitriles is 1. The molecule has 4 atom stereocenters. The van der Waals surface area contributed by atoms with Gasteiger partial charge in [0.05, 0.1) is 18.0 Å². The second-order valence-corrected chi connectivity index (χ2v) is 9.48. The van der Waals surface area contributed by atoms with Gasteiger partial charge in [0, 0.05) is 22.8 Å². The predicted octanol–water partition coefficient (Wildman–Crippen LogP) is 4.32. The van der Waals surface area contributed by atoms with E-state index < -0.39 is 47.8 Å². The van der Waals surface area contributed by atoms with Gasteiger partial charge in [0.15, 0.2) is 5.82 Å². The first kappa shape index (κ1) is 24.9. The van der Waals surface area contributed by atoms with Gasteiger partial charge in [-0.1, -0.05) is 11.6 Å². The van der Waals surface area contributed by atoms with Gasteiger partial charge in [-0.3, -0.25) is 14.3 Å². The van der Waals surface area contributed by atoms with Crippen molar-refractivity contribution in [1.82, 2.24) is 15.1 Å². The van der Waals surface area contributed by atoms with Gasteiger partial charge in [-0.25, -0.2) is 0 Å². The maximum atomic E-state index is 13.3. The molecule has 1 aromatic heterocycles. The molecule has 0 bridgehead atoms. The zero-order valence-corrected chi connectivity index (χ0v) is 19.3. The van der Waals surface area contributed by atoms with Crippen LogP contribution in [0.15, 0.2) is 30.5 Å². The monoisotopic (exact) mass is 508 g/mol. The summed E-state index contributed by atoms with van der Waals surface area (Å²) >= 11 is 5.90. The number of rotatable bonds is 7. The molecule has 1 heterocycles. The fourth-order valence-corrected chi connectivity index (χ4v) is 4.65. The van der Waals surface area contributed by atoms with Gasteiger partial charge in [-0.2, -0.15) is 23.5 Å². The zero-order valence-electron chi connectivity index (χ0n) is 18.6. The minimum Gasteiger partial charge on any atom is -0.365 e. The van der Waals surface area contributed by atoms with Crippen molar-refractivity contribution >= 4 is 34.9 Å². The van der Waals surface area contributed by atoms with E-state index in [4.69, 9.17) is 17.3 Å². The molecule has 4 N–H and O–H groups in total. The summed E-state index contributed by atoms with van der Waals surface area (Å²) in [6.45, 7) is 0. The molecule has 0 spiro atoms. The summed E-state index contributed by atoms with van der Waals surface area (Å²) in [7, 11) is 0. The summed E-state index contributed by atoms with van der Waals surface area (Å²) in [5.41, 5.74) is 6.25. The number of carbonyl (C=O) groups excluding carboxylic acids is 2. The van der Waals surface area contributed by atoms with Crippen LogP contribution in [0.5, 0.6) is 0 Å². The molecule has 12 heteroatoms. The number of benzene rings is 1. The van der Waals surface area contributed by atoms with Crippen LogP contribution >= 0.6 is 11.6 Å². The number of halogens is 4. The number of aromatic nitrogens is 2. The van der Waals surface area contributed by atoms with Gasteiger partial charge < -0.3 is 16.4 Å². The van der Waals surface area contributed by atoms with Gasteiger partial charge in [0.25, 0.3) is 5.91 Å². The molecule has 2 fully saturated rings. The van der Waals surface area contributed by atoms with Crippen molar-refractivity contribution in [2.75, 3.05) is 5.32 Å². The van der Waals surface area contributed by atoms with E-state index in [1.165, 1.54) is 10.9 Å². The summed E-state index contributed by atoms with van der Waals surface area (Å²) in [6.07, 6.45) is -1.47. The molecule has 0 aliphatic heterocycles. The van der Waals surface area contributed by atoms with E-state index >= 15 is 0 Å². The summed E-state index contributed by atoms with van der Waals surface area (Å²) in [5, 5.41) is 19.9. The third-order valence-corrected chi connectivity index (χ3v) is 6.79. The smallest absolute Gasteiger partial charge is 0.365 e. The lowest BCUT2D eigenvalue weighted by atomic mass is 9.78. The quantitative estimate of drug-likeness (QED) is 0.513. The molecule has 2 aliphatic carbocycles. The highest BCUT2D eigenvalue weighted by Crippen LogP contribution is 2.42. The Morgan fingerprint density at radius 3 is 2.46 bits per heavy atom. The maximum Gasteiger partial charge on any atom is 0.408 e. The SMILES string of the molecule is N#C[C@@H]1C[C@H](C(=O)N[C@H](C2CC2)C(F)(F)F)CC[C@H]1n1cc(C(N)=O)c(Nc2ccc(Cl)cc2)n1. The van der Waals surface area contributed by atoms with E-state index in [2.05, 4.69) is 21.8 Å². The number of nitrogens with one attached hydrogen (secondary N) is 2. The molecule has 186 valence electrons. The van der Waals surface area contributed by atoms with Crippen molar-refractivity contribution in [3.63, 3.8) is 0 Å². The van der Waals surface area contributed by atoms with Crippen LogP contribution in [-0.4, -0.2) is 33.8 Å². The second-order valence-electron chi connectivity index (χ2n) is 9.05. The number of nitrogens with zero attached hydrogens (tertiary/aromatic N) is 3. The van der Waals surface area contributed by atoms with Gasteiger partial charge in [0.2, 0.25) is 5.91 Å². The highest BCUT2D eigenvalue weighted by molar-refractivity contribution is 6.30. The Balaban J connectivity index is 1.48. The minimum absolute atomic E-state index is 0.0912. The molecule has 0 saturated heterocycles. The average molecular weight is 509 g/mol. The highest BCUT2D eigenvalue weighted by atomic mass is 35.5. The van der Waals surface area contributed by atoms with E-state index in [0.717, 1.165) is 0 Å². The van der Waals surface area contributed by atoms with E-state index in [9.17, 15) is 28.0 Å². The van der Waals surface area contributed by atoms with Crippen molar-refractivity contribution in [2.45, 2.75) is 50.4 Å². The lowest BCUT2D eigenvalue weighted by Crippen LogP contribution is -2.49. The topological polar surface area (TPSA) is 126 Å². The molecule has 2 aromatic rings. The maximum absolute atomic E-state index is 13.3.